The second-order valence-corrected chi connectivity index (χ2v) is 6.74. The Kier molecular flexibility index (Phi) is 5.60. The molecule has 0 saturated heterocycles. The van der Waals surface area contributed by atoms with Crippen molar-refractivity contribution in [3.63, 3.8) is 0 Å². The SMILES string of the molecule is Cc1cnn(C)c1-c1cc(C(=O)N[C@H](CN)Cc2ccc(F)c(F)c2)oc1C. The van der Waals surface area contributed by atoms with Gasteiger partial charge >= 0.3 is 0 Å². The Labute approximate surface area is 161 Å². The minimum Gasteiger partial charge on any atom is -0.455 e. The summed E-state index contributed by atoms with van der Waals surface area (Å²) in [5.41, 5.74) is 8.91. The Balaban J connectivity index is 1.76. The zero-order valence-corrected chi connectivity index (χ0v) is 15.9. The molecule has 148 valence electrons. The Bertz CT molecular complexity index is 990. The van der Waals surface area contributed by atoms with Crippen LogP contribution in [-0.4, -0.2) is 28.3 Å². The molecule has 1 amide bonds. The third-order valence-electron chi connectivity index (χ3n) is 4.60. The van der Waals surface area contributed by atoms with Crippen molar-refractivity contribution in [3.05, 3.63) is 64.7 Å². The second-order valence-electron chi connectivity index (χ2n) is 6.74. The lowest BCUT2D eigenvalue weighted by atomic mass is 10.1. The number of carbonyl (C=O) groups is 1. The van der Waals surface area contributed by atoms with E-state index in [2.05, 4.69) is 10.4 Å². The van der Waals surface area contributed by atoms with Crippen molar-refractivity contribution < 1.29 is 18.0 Å². The van der Waals surface area contributed by atoms with Crippen LogP contribution < -0.4 is 11.1 Å². The Hall–Kier alpha value is -3.00. The summed E-state index contributed by atoms with van der Waals surface area (Å²) >= 11 is 0. The van der Waals surface area contributed by atoms with Crippen LogP contribution >= 0.6 is 0 Å². The van der Waals surface area contributed by atoms with Crippen LogP contribution in [0.15, 0.2) is 34.9 Å². The van der Waals surface area contributed by atoms with E-state index in [1.807, 2.05) is 14.0 Å². The molecule has 0 aliphatic heterocycles. The number of benzene rings is 1. The van der Waals surface area contributed by atoms with Crippen molar-refractivity contribution in [3.8, 4) is 11.3 Å². The van der Waals surface area contributed by atoms with Gasteiger partial charge in [-0.2, -0.15) is 5.10 Å². The van der Waals surface area contributed by atoms with Gasteiger partial charge in [-0.3, -0.25) is 9.48 Å². The highest BCUT2D eigenvalue weighted by atomic mass is 19.2. The lowest BCUT2D eigenvalue weighted by Crippen LogP contribution is -2.41. The Morgan fingerprint density at radius 1 is 1.29 bits per heavy atom. The summed E-state index contributed by atoms with van der Waals surface area (Å²) in [4.78, 5) is 12.6. The van der Waals surface area contributed by atoms with Gasteiger partial charge in [0.05, 0.1) is 11.9 Å². The normalized spacial score (nSPS) is 12.2. The Morgan fingerprint density at radius 3 is 2.64 bits per heavy atom. The number of aromatic nitrogens is 2. The molecular weight excluding hydrogens is 366 g/mol. The minimum absolute atomic E-state index is 0.137. The molecule has 0 fully saturated rings. The van der Waals surface area contributed by atoms with E-state index in [0.29, 0.717) is 11.3 Å². The van der Waals surface area contributed by atoms with Gasteiger partial charge in [-0.15, -0.1) is 0 Å². The molecule has 3 N–H and O–H groups in total. The van der Waals surface area contributed by atoms with E-state index < -0.39 is 23.6 Å². The highest BCUT2D eigenvalue weighted by Crippen LogP contribution is 2.29. The fraction of sp³-hybridized carbons (Fsp3) is 0.300. The third-order valence-corrected chi connectivity index (χ3v) is 4.60. The van der Waals surface area contributed by atoms with Gasteiger partial charge in [-0.1, -0.05) is 6.07 Å². The number of aryl methyl sites for hydroxylation is 3. The maximum atomic E-state index is 13.4. The zero-order chi connectivity index (χ0) is 20.4. The van der Waals surface area contributed by atoms with Gasteiger partial charge < -0.3 is 15.5 Å². The van der Waals surface area contributed by atoms with Crippen LogP contribution in [0.5, 0.6) is 0 Å². The third kappa shape index (κ3) is 3.96. The summed E-state index contributed by atoms with van der Waals surface area (Å²) in [5, 5.41) is 6.99. The molecule has 0 saturated carbocycles. The molecule has 8 heteroatoms. The van der Waals surface area contributed by atoms with Crippen molar-refractivity contribution >= 4 is 5.91 Å². The number of rotatable bonds is 6. The molecule has 0 radical (unpaired) electrons. The van der Waals surface area contributed by atoms with E-state index in [0.717, 1.165) is 29.0 Å². The van der Waals surface area contributed by atoms with Crippen LogP contribution in [0.3, 0.4) is 0 Å². The molecule has 3 aromatic rings. The summed E-state index contributed by atoms with van der Waals surface area (Å²) in [5.74, 6) is -1.52. The molecule has 0 bridgehead atoms. The highest BCUT2D eigenvalue weighted by Gasteiger charge is 2.21. The van der Waals surface area contributed by atoms with Crippen molar-refractivity contribution in [1.82, 2.24) is 15.1 Å². The van der Waals surface area contributed by atoms with E-state index >= 15 is 0 Å². The first-order valence-electron chi connectivity index (χ1n) is 8.84. The number of amides is 1. The molecule has 28 heavy (non-hydrogen) atoms. The number of furan rings is 1. The lowest BCUT2D eigenvalue weighted by molar-refractivity contribution is 0.0908. The summed E-state index contributed by atoms with van der Waals surface area (Å²) in [6.07, 6.45) is 2.01. The van der Waals surface area contributed by atoms with Crippen molar-refractivity contribution in [2.45, 2.75) is 26.3 Å². The van der Waals surface area contributed by atoms with Gasteiger partial charge in [0.1, 0.15) is 5.76 Å². The maximum absolute atomic E-state index is 13.4. The first-order valence-corrected chi connectivity index (χ1v) is 8.84. The largest absolute Gasteiger partial charge is 0.455 e. The standard InChI is InChI=1S/C20H22F2N4O2/c1-11-10-24-26(3)19(11)15-8-18(28-12(15)2)20(27)25-14(9-23)6-13-4-5-16(21)17(22)7-13/h4-5,7-8,10,14H,6,9,23H2,1-3H3,(H,25,27)/t14-/m0/s1. The van der Waals surface area contributed by atoms with Gasteiger partial charge in [-0.25, -0.2) is 8.78 Å². The Morgan fingerprint density at radius 2 is 2.04 bits per heavy atom. The molecule has 0 unspecified atom stereocenters. The number of nitrogens with zero attached hydrogens (tertiary/aromatic N) is 2. The van der Waals surface area contributed by atoms with Crippen molar-refractivity contribution in [1.29, 1.82) is 0 Å². The maximum Gasteiger partial charge on any atom is 0.287 e. The quantitative estimate of drug-likeness (QED) is 0.680. The van der Waals surface area contributed by atoms with Crippen LogP contribution in [0.2, 0.25) is 0 Å². The van der Waals surface area contributed by atoms with Crippen molar-refractivity contribution in [2.75, 3.05) is 6.54 Å². The van der Waals surface area contributed by atoms with Gasteiger partial charge in [0.25, 0.3) is 5.91 Å². The van der Waals surface area contributed by atoms with E-state index in [9.17, 15) is 13.6 Å². The molecule has 1 atom stereocenters. The van der Waals surface area contributed by atoms with Gasteiger partial charge in [0, 0.05) is 25.2 Å². The summed E-state index contributed by atoms with van der Waals surface area (Å²) < 4.78 is 33.8. The predicted octanol–water partition coefficient (Wildman–Crippen LogP) is 2.87. The molecule has 2 aromatic heterocycles. The molecule has 6 nitrogen and oxygen atoms in total. The topological polar surface area (TPSA) is 86.1 Å². The predicted molar refractivity (Wildman–Crippen MR) is 101 cm³/mol. The fourth-order valence-electron chi connectivity index (χ4n) is 3.16. The number of halogens is 2. The molecule has 0 aliphatic carbocycles. The van der Waals surface area contributed by atoms with Crippen LogP contribution in [0, 0.1) is 25.5 Å². The molecule has 0 aliphatic rings. The van der Waals surface area contributed by atoms with Crippen LogP contribution in [0.25, 0.3) is 11.3 Å². The number of hydrogen-bond acceptors (Lipinski definition) is 4. The summed E-state index contributed by atoms with van der Waals surface area (Å²) in [6.45, 7) is 3.85. The molecular formula is C20H22F2N4O2. The van der Waals surface area contributed by atoms with E-state index in [4.69, 9.17) is 10.2 Å². The number of nitrogens with one attached hydrogen (secondary N) is 1. The van der Waals surface area contributed by atoms with E-state index in [-0.39, 0.29) is 18.7 Å². The van der Waals surface area contributed by atoms with Crippen LogP contribution in [0.4, 0.5) is 8.78 Å². The van der Waals surface area contributed by atoms with Gasteiger partial charge in [-0.05, 0) is 49.6 Å². The molecule has 0 spiro atoms. The summed E-state index contributed by atoms with van der Waals surface area (Å²) in [6, 6.07) is 4.83. The first-order chi connectivity index (χ1) is 13.3. The van der Waals surface area contributed by atoms with Gasteiger partial charge in [0.2, 0.25) is 0 Å². The molecule has 3 rings (SSSR count). The van der Waals surface area contributed by atoms with E-state index in [1.165, 1.54) is 6.07 Å². The van der Waals surface area contributed by atoms with Crippen LogP contribution in [0.1, 0.15) is 27.4 Å². The average Bonchev–Trinajstić information content (AvgIpc) is 3.19. The monoisotopic (exact) mass is 388 g/mol. The highest BCUT2D eigenvalue weighted by molar-refractivity contribution is 5.93. The number of nitrogens with two attached hydrogens (primary N) is 1. The lowest BCUT2D eigenvalue weighted by Gasteiger charge is -2.16. The molecule has 2 heterocycles. The number of carbonyl (C=O) groups excluding carboxylic acids is 1. The summed E-state index contributed by atoms with van der Waals surface area (Å²) in [7, 11) is 1.82. The van der Waals surface area contributed by atoms with Crippen LogP contribution in [-0.2, 0) is 13.5 Å². The zero-order valence-electron chi connectivity index (χ0n) is 15.9. The first kappa shape index (κ1) is 19.8. The smallest absolute Gasteiger partial charge is 0.287 e. The second kappa shape index (κ2) is 7.93. The average molecular weight is 388 g/mol. The fourth-order valence-corrected chi connectivity index (χ4v) is 3.16. The number of hydrogen-bond donors (Lipinski definition) is 2. The van der Waals surface area contributed by atoms with Crippen molar-refractivity contribution in [2.24, 2.45) is 12.8 Å². The molecule has 1 aromatic carbocycles. The van der Waals surface area contributed by atoms with Gasteiger partial charge in [0.15, 0.2) is 17.4 Å². The minimum atomic E-state index is -0.933. The van der Waals surface area contributed by atoms with E-state index in [1.54, 1.807) is 23.9 Å².